The minimum atomic E-state index is -0.0152. The molecule has 0 amide bonds. The SMILES string of the molecule is CC1(C)CC2CC1CC2(C)SCCC(=O)OCCCCCCCCCCO. The zero-order chi connectivity index (χ0) is 19.8. The number of carbonyl (C=O) groups excluding carboxylic acids is 1. The van der Waals surface area contributed by atoms with Gasteiger partial charge in [0.05, 0.1) is 13.0 Å². The van der Waals surface area contributed by atoms with Crippen LogP contribution in [0.4, 0.5) is 0 Å². The van der Waals surface area contributed by atoms with Crippen molar-refractivity contribution in [1.82, 2.24) is 0 Å². The van der Waals surface area contributed by atoms with E-state index < -0.39 is 0 Å². The van der Waals surface area contributed by atoms with Gasteiger partial charge in [0.25, 0.3) is 0 Å². The maximum atomic E-state index is 12.0. The first-order valence-electron chi connectivity index (χ1n) is 11.3. The van der Waals surface area contributed by atoms with Crippen molar-refractivity contribution in [3.05, 3.63) is 0 Å². The maximum Gasteiger partial charge on any atom is 0.306 e. The van der Waals surface area contributed by atoms with Crippen molar-refractivity contribution < 1.29 is 14.6 Å². The Morgan fingerprint density at radius 1 is 0.963 bits per heavy atom. The van der Waals surface area contributed by atoms with Crippen LogP contribution in [-0.2, 0) is 9.53 Å². The number of aliphatic hydroxyl groups excluding tert-OH is 1. The molecule has 3 nitrogen and oxygen atoms in total. The van der Waals surface area contributed by atoms with E-state index in [2.05, 4.69) is 20.8 Å². The predicted molar refractivity (Wildman–Crippen MR) is 115 cm³/mol. The molecule has 0 aromatic rings. The van der Waals surface area contributed by atoms with Crippen LogP contribution >= 0.6 is 11.8 Å². The Kier molecular flexibility index (Phi) is 9.47. The number of carbonyl (C=O) groups is 1. The van der Waals surface area contributed by atoms with Crippen molar-refractivity contribution in [2.45, 2.75) is 103 Å². The second-order valence-electron chi connectivity index (χ2n) is 9.71. The number of hydrogen-bond acceptors (Lipinski definition) is 4. The Hall–Kier alpha value is -0.220. The van der Waals surface area contributed by atoms with Crippen molar-refractivity contribution in [2.24, 2.45) is 17.3 Å². The molecule has 4 heteroatoms. The fourth-order valence-corrected chi connectivity index (χ4v) is 6.57. The molecule has 0 heterocycles. The normalized spacial score (nSPS) is 28.6. The second-order valence-corrected chi connectivity index (χ2v) is 11.3. The molecular weight excluding hydrogens is 356 g/mol. The molecule has 0 spiro atoms. The van der Waals surface area contributed by atoms with E-state index in [9.17, 15) is 4.79 Å². The summed E-state index contributed by atoms with van der Waals surface area (Å²) < 4.78 is 5.80. The fourth-order valence-electron chi connectivity index (χ4n) is 5.11. The first-order valence-corrected chi connectivity index (χ1v) is 12.3. The number of rotatable bonds is 14. The highest BCUT2D eigenvalue weighted by molar-refractivity contribution is 8.00. The van der Waals surface area contributed by atoms with Crippen LogP contribution in [0.5, 0.6) is 0 Å². The number of fused-ring (bicyclic) bond motifs is 2. The lowest BCUT2D eigenvalue weighted by Crippen LogP contribution is -2.35. The summed E-state index contributed by atoms with van der Waals surface area (Å²) in [5.41, 5.74) is 0.531. The van der Waals surface area contributed by atoms with Crippen LogP contribution < -0.4 is 0 Å². The number of hydrogen-bond donors (Lipinski definition) is 1. The molecule has 158 valence electrons. The lowest BCUT2D eigenvalue weighted by atomic mass is 9.73. The van der Waals surface area contributed by atoms with Gasteiger partial charge in [0.15, 0.2) is 0 Å². The van der Waals surface area contributed by atoms with Crippen molar-refractivity contribution >= 4 is 17.7 Å². The maximum absolute atomic E-state index is 12.0. The van der Waals surface area contributed by atoms with Crippen LogP contribution in [0.2, 0.25) is 0 Å². The molecule has 3 unspecified atom stereocenters. The van der Waals surface area contributed by atoms with Gasteiger partial charge in [0.1, 0.15) is 0 Å². The third-order valence-corrected chi connectivity index (χ3v) is 8.58. The molecule has 2 saturated carbocycles. The number of esters is 1. The molecule has 2 aliphatic rings. The minimum Gasteiger partial charge on any atom is -0.466 e. The fraction of sp³-hybridized carbons (Fsp3) is 0.957. The van der Waals surface area contributed by atoms with Crippen LogP contribution in [0.3, 0.4) is 0 Å². The Morgan fingerprint density at radius 2 is 1.59 bits per heavy atom. The van der Waals surface area contributed by atoms with Crippen molar-refractivity contribution in [3.63, 3.8) is 0 Å². The van der Waals surface area contributed by atoms with E-state index in [4.69, 9.17) is 9.84 Å². The summed E-state index contributed by atoms with van der Waals surface area (Å²) in [5.74, 6) is 2.61. The van der Waals surface area contributed by atoms with Gasteiger partial charge >= 0.3 is 5.97 Å². The highest BCUT2D eigenvalue weighted by Crippen LogP contribution is 2.63. The topological polar surface area (TPSA) is 46.5 Å². The van der Waals surface area contributed by atoms with Crippen LogP contribution in [0.25, 0.3) is 0 Å². The average Bonchev–Trinajstić information content (AvgIpc) is 3.08. The average molecular weight is 399 g/mol. The molecule has 1 N–H and O–H groups in total. The molecule has 27 heavy (non-hydrogen) atoms. The van der Waals surface area contributed by atoms with E-state index in [1.165, 1.54) is 44.9 Å². The highest BCUT2D eigenvalue weighted by Gasteiger charge is 2.55. The number of aliphatic hydroxyl groups is 1. The van der Waals surface area contributed by atoms with E-state index >= 15 is 0 Å². The zero-order valence-electron chi connectivity index (χ0n) is 17.9. The van der Waals surface area contributed by atoms with E-state index in [0.29, 0.717) is 29.8 Å². The molecule has 2 fully saturated rings. The van der Waals surface area contributed by atoms with E-state index in [1.807, 2.05) is 11.8 Å². The first kappa shape index (κ1) is 23.1. The summed E-state index contributed by atoms with van der Waals surface area (Å²) in [6.45, 7) is 8.19. The smallest absolute Gasteiger partial charge is 0.306 e. The summed E-state index contributed by atoms with van der Waals surface area (Å²) in [4.78, 5) is 12.0. The van der Waals surface area contributed by atoms with E-state index in [-0.39, 0.29) is 5.97 Å². The third-order valence-electron chi connectivity index (χ3n) is 7.02. The Bertz CT molecular complexity index is 451. The summed E-state index contributed by atoms with van der Waals surface area (Å²) in [6.07, 6.45) is 13.8. The van der Waals surface area contributed by atoms with Gasteiger partial charge in [-0.2, -0.15) is 11.8 Å². The van der Waals surface area contributed by atoms with Gasteiger partial charge in [0.2, 0.25) is 0 Å². The zero-order valence-corrected chi connectivity index (χ0v) is 18.7. The van der Waals surface area contributed by atoms with Gasteiger partial charge in [0, 0.05) is 17.1 Å². The van der Waals surface area contributed by atoms with Gasteiger partial charge in [-0.15, -0.1) is 0 Å². The molecular formula is C23H42O3S. The van der Waals surface area contributed by atoms with Gasteiger partial charge in [-0.25, -0.2) is 0 Å². The molecule has 0 saturated heterocycles. The highest BCUT2D eigenvalue weighted by atomic mass is 32.2. The van der Waals surface area contributed by atoms with Gasteiger partial charge in [-0.1, -0.05) is 59.3 Å². The predicted octanol–water partition coefficient (Wildman–Crippen LogP) is 5.98. The van der Waals surface area contributed by atoms with Crippen LogP contribution in [-0.4, -0.2) is 34.8 Å². The number of ether oxygens (including phenoxy) is 1. The molecule has 0 aromatic heterocycles. The number of thioether (sulfide) groups is 1. The molecule has 0 radical (unpaired) electrons. The van der Waals surface area contributed by atoms with Crippen LogP contribution in [0, 0.1) is 17.3 Å². The van der Waals surface area contributed by atoms with Crippen LogP contribution in [0.15, 0.2) is 0 Å². The lowest BCUT2D eigenvalue weighted by Gasteiger charge is -2.40. The molecule has 2 aliphatic carbocycles. The molecule has 2 rings (SSSR count). The lowest BCUT2D eigenvalue weighted by molar-refractivity contribution is -0.143. The molecule has 2 bridgehead atoms. The largest absolute Gasteiger partial charge is 0.466 e. The Labute approximate surface area is 171 Å². The van der Waals surface area contributed by atoms with Gasteiger partial charge in [-0.3, -0.25) is 4.79 Å². The molecule has 0 aliphatic heterocycles. The Morgan fingerprint density at radius 3 is 2.15 bits per heavy atom. The van der Waals surface area contributed by atoms with E-state index in [0.717, 1.165) is 43.3 Å². The molecule has 3 atom stereocenters. The third kappa shape index (κ3) is 7.27. The monoisotopic (exact) mass is 398 g/mol. The summed E-state index contributed by atoms with van der Waals surface area (Å²) in [5, 5.41) is 8.73. The van der Waals surface area contributed by atoms with Crippen molar-refractivity contribution in [3.8, 4) is 0 Å². The van der Waals surface area contributed by atoms with Crippen molar-refractivity contribution in [2.75, 3.05) is 19.0 Å². The van der Waals surface area contributed by atoms with Gasteiger partial charge in [-0.05, 0) is 49.4 Å². The quantitative estimate of drug-likeness (QED) is 0.289. The second kappa shape index (κ2) is 11.1. The standard InChI is InChI=1S/C23H42O3S/c1-22(2)17-20-16-19(22)18-23(20,3)27-15-12-21(25)26-14-11-9-7-5-4-6-8-10-13-24/h19-20,24H,4-18H2,1-3H3. The molecule has 0 aromatic carbocycles. The number of unbranched alkanes of at least 4 members (excludes halogenated alkanes) is 7. The van der Waals surface area contributed by atoms with Crippen LogP contribution in [0.1, 0.15) is 97.8 Å². The van der Waals surface area contributed by atoms with Gasteiger partial charge < -0.3 is 9.84 Å². The first-order chi connectivity index (χ1) is 12.9. The summed E-state index contributed by atoms with van der Waals surface area (Å²) in [7, 11) is 0. The minimum absolute atomic E-state index is 0.0152. The summed E-state index contributed by atoms with van der Waals surface area (Å²) >= 11 is 2.02. The summed E-state index contributed by atoms with van der Waals surface area (Å²) in [6, 6.07) is 0. The Balaban J connectivity index is 1.43. The van der Waals surface area contributed by atoms with E-state index in [1.54, 1.807) is 0 Å². The van der Waals surface area contributed by atoms with Crippen molar-refractivity contribution in [1.29, 1.82) is 0 Å².